The summed E-state index contributed by atoms with van der Waals surface area (Å²) in [4.78, 5) is 13.6. The summed E-state index contributed by atoms with van der Waals surface area (Å²) in [7, 11) is 1.21. The van der Waals surface area contributed by atoms with E-state index in [9.17, 15) is 22.4 Å². The molecule has 0 atom stereocenters. The van der Waals surface area contributed by atoms with Gasteiger partial charge in [-0.2, -0.15) is 0 Å². The summed E-state index contributed by atoms with van der Waals surface area (Å²) in [6, 6.07) is 3.19. The van der Waals surface area contributed by atoms with Crippen molar-refractivity contribution < 1.29 is 31.8 Å². The lowest BCUT2D eigenvalue weighted by atomic mass is 9.99. The topological polar surface area (TPSA) is 64.8 Å². The molecule has 0 spiro atoms. The van der Waals surface area contributed by atoms with Gasteiger partial charge in [0.2, 0.25) is 0 Å². The molecule has 25 heavy (non-hydrogen) atoms. The van der Waals surface area contributed by atoms with E-state index < -0.39 is 35.1 Å². The number of benzene rings is 1. The number of carbonyl (C=O) groups is 1. The van der Waals surface area contributed by atoms with Crippen molar-refractivity contribution >= 4 is 6.09 Å². The van der Waals surface area contributed by atoms with Gasteiger partial charge in [-0.1, -0.05) is 6.07 Å². The Morgan fingerprint density at radius 2 is 1.92 bits per heavy atom. The molecule has 0 aromatic heterocycles. The van der Waals surface area contributed by atoms with E-state index in [1.54, 1.807) is 13.8 Å². The summed E-state index contributed by atoms with van der Waals surface area (Å²) in [6.45, 7) is 3.54. The fraction of sp³-hybridized carbons (Fsp3) is 0.562. The van der Waals surface area contributed by atoms with E-state index in [4.69, 9.17) is 10.5 Å². The van der Waals surface area contributed by atoms with Gasteiger partial charge in [-0.05, 0) is 44.4 Å². The number of carbonyl (C=O) groups excluding carboxylic acids is 1. The molecular formula is C16H20F4N2O3. The van der Waals surface area contributed by atoms with Crippen LogP contribution < -0.4 is 10.5 Å². The number of hydrogen-bond donors (Lipinski definition) is 1. The number of amides is 1. The lowest BCUT2D eigenvalue weighted by Gasteiger charge is -2.36. The molecule has 5 nitrogen and oxygen atoms in total. The molecule has 0 heterocycles. The maximum absolute atomic E-state index is 13.7. The highest BCUT2D eigenvalue weighted by atomic mass is 19.4. The highest BCUT2D eigenvalue weighted by Gasteiger charge is 2.53. The third kappa shape index (κ3) is 4.53. The Morgan fingerprint density at radius 3 is 2.36 bits per heavy atom. The van der Waals surface area contributed by atoms with E-state index in [0.29, 0.717) is 18.4 Å². The molecule has 1 saturated carbocycles. The van der Waals surface area contributed by atoms with Gasteiger partial charge in [0.25, 0.3) is 0 Å². The van der Waals surface area contributed by atoms with Gasteiger partial charge in [0.05, 0.1) is 12.6 Å². The molecule has 0 bridgehead atoms. The molecule has 0 saturated heterocycles. The van der Waals surface area contributed by atoms with Crippen LogP contribution in [0.15, 0.2) is 18.2 Å². The summed E-state index contributed by atoms with van der Waals surface area (Å²) in [5.41, 5.74) is 4.68. The first kappa shape index (κ1) is 19.3. The van der Waals surface area contributed by atoms with Crippen LogP contribution in [-0.4, -0.2) is 36.5 Å². The van der Waals surface area contributed by atoms with E-state index in [1.165, 1.54) is 18.1 Å². The minimum Gasteiger partial charge on any atom is -0.453 e. The number of nitrogens with two attached hydrogens (primary N) is 1. The normalized spacial score (nSPS) is 16.3. The molecule has 1 aliphatic rings. The zero-order chi connectivity index (χ0) is 19.0. The Balaban J connectivity index is 2.41. The van der Waals surface area contributed by atoms with E-state index in [-0.39, 0.29) is 6.54 Å². The van der Waals surface area contributed by atoms with Crippen molar-refractivity contribution in [3.8, 4) is 5.75 Å². The Kier molecular flexibility index (Phi) is 4.91. The van der Waals surface area contributed by atoms with E-state index in [0.717, 1.165) is 12.1 Å². The molecule has 0 aliphatic heterocycles. The molecular weight excluding hydrogens is 344 g/mol. The maximum atomic E-state index is 13.7. The van der Waals surface area contributed by atoms with E-state index in [1.807, 2.05) is 0 Å². The van der Waals surface area contributed by atoms with Gasteiger partial charge in [0.15, 0.2) is 11.6 Å². The Morgan fingerprint density at radius 1 is 1.32 bits per heavy atom. The predicted octanol–water partition coefficient (Wildman–Crippen LogP) is 3.52. The molecule has 0 radical (unpaired) electrons. The maximum Gasteiger partial charge on any atom is 0.573 e. The predicted molar refractivity (Wildman–Crippen MR) is 81.4 cm³/mol. The van der Waals surface area contributed by atoms with Crippen LogP contribution in [0, 0.1) is 5.82 Å². The average Bonchev–Trinajstić information content (AvgIpc) is 3.25. The van der Waals surface area contributed by atoms with Gasteiger partial charge in [-0.15, -0.1) is 13.2 Å². The second-order valence-electron chi connectivity index (χ2n) is 6.77. The zero-order valence-corrected chi connectivity index (χ0v) is 14.1. The lowest BCUT2D eigenvalue weighted by molar-refractivity contribution is -0.275. The van der Waals surface area contributed by atoms with Crippen molar-refractivity contribution in [2.45, 2.75) is 44.1 Å². The zero-order valence-electron chi connectivity index (χ0n) is 14.1. The monoisotopic (exact) mass is 364 g/mol. The summed E-state index contributed by atoms with van der Waals surface area (Å²) in [5, 5.41) is 0. The molecule has 2 rings (SSSR count). The van der Waals surface area contributed by atoms with Crippen LogP contribution in [-0.2, 0) is 10.3 Å². The van der Waals surface area contributed by atoms with Gasteiger partial charge in [0.1, 0.15) is 0 Å². The fourth-order valence-electron chi connectivity index (χ4n) is 2.74. The van der Waals surface area contributed by atoms with Crippen LogP contribution in [0.5, 0.6) is 5.75 Å². The number of alkyl halides is 3. The largest absolute Gasteiger partial charge is 0.573 e. The van der Waals surface area contributed by atoms with Crippen LogP contribution in [0.2, 0.25) is 0 Å². The standard InChI is InChI=1S/C16H20F4N2O3/c1-14(2,21)9-22(13(23)24-3)15(6-7-15)10-4-5-11(17)12(8-10)25-16(18,19)20/h4-5,8H,6-7,9,21H2,1-3H3. The second-order valence-corrected chi connectivity index (χ2v) is 6.77. The molecule has 1 aromatic rings. The number of hydrogen-bond acceptors (Lipinski definition) is 4. The first-order valence-electron chi connectivity index (χ1n) is 7.58. The van der Waals surface area contributed by atoms with Crippen molar-refractivity contribution in [3.63, 3.8) is 0 Å². The van der Waals surface area contributed by atoms with Crippen LogP contribution >= 0.6 is 0 Å². The first-order chi connectivity index (χ1) is 11.4. The average molecular weight is 364 g/mol. The highest BCUT2D eigenvalue weighted by molar-refractivity contribution is 5.70. The quantitative estimate of drug-likeness (QED) is 0.812. The number of rotatable bonds is 5. The van der Waals surface area contributed by atoms with Crippen LogP contribution in [0.3, 0.4) is 0 Å². The Labute approximate surface area is 142 Å². The van der Waals surface area contributed by atoms with Crippen molar-refractivity contribution in [2.75, 3.05) is 13.7 Å². The molecule has 1 fully saturated rings. The second kappa shape index (κ2) is 6.36. The third-order valence-corrected chi connectivity index (χ3v) is 3.90. The van der Waals surface area contributed by atoms with Crippen molar-refractivity contribution in [2.24, 2.45) is 5.73 Å². The first-order valence-corrected chi connectivity index (χ1v) is 7.58. The van der Waals surface area contributed by atoms with Gasteiger partial charge >= 0.3 is 12.5 Å². The molecule has 140 valence electrons. The molecule has 1 aliphatic carbocycles. The molecule has 0 unspecified atom stereocenters. The van der Waals surface area contributed by atoms with E-state index >= 15 is 0 Å². The summed E-state index contributed by atoms with van der Waals surface area (Å²) >= 11 is 0. The Hall–Kier alpha value is -2.03. The van der Waals surface area contributed by atoms with Gasteiger partial charge in [-0.25, -0.2) is 9.18 Å². The smallest absolute Gasteiger partial charge is 0.453 e. The summed E-state index contributed by atoms with van der Waals surface area (Å²) in [6.07, 6.45) is -4.68. The SMILES string of the molecule is COC(=O)N(CC(C)(C)N)C1(c2ccc(F)c(OC(F)(F)F)c2)CC1. The van der Waals surface area contributed by atoms with Crippen LogP contribution in [0.4, 0.5) is 22.4 Å². The summed E-state index contributed by atoms with van der Waals surface area (Å²) in [5.74, 6) is -2.08. The van der Waals surface area contributed by atoms with E-state index in [2.05, 4.69) is 4.74 Å². The molecule has 2 N–H and O–H groups in total. The third-order valence-electron chi connectivity index (χ3n) is 3.90. The lowest BCUT2D eigenvalue weighted by Crippen LogP contribution is -2.51. The number of halogens is 4. The molecule has 1 aromatic carbocycles. The minimum atomic E-state index is -5.02. The van der Waals surface area contributed by atoms with Gasteiger partial charge in [-0.3, -0.25) is 4.90 Å². The number of ether oxygens (including phenoxy) is 2. The minimum absolute atomic E-state index is 0.118. The van der Waals surface area contributed by atoms with Crippen molar-refractivity contribution in [1.82, 2.24) is 4.90 Å². The Bertz CT molecular complexity index is 652. The number of methoxy groups -OCH3 is 1. The highest BCUT2D eigenvalue weighted by Crippen LogP contribution is 2.52. The van der Waals surface area contributed by atoms with Gasteiger partial charge < -0.3 is 15.2 Å². The van der Waals surface area contributed by atoms with Crippen LogP contribution in [0.25, 0.3) is 0 Å². The van der Waals surface area contributed by atoms with Crippen LogP contribution in [0.1, 0.15) is 32.3 Å². The molecule has 9 heteroatoms. The molecule has 1 amide bonds. The summed E-state index contributed by atoms with van der Waals surface area (Å²) < 4.78 is 59.5. The number of nitrogens with zero attached hydrogens (tertiary/aromatic N) is 1. The van der Waals surface area contributed by atoms with Crippen molar-refractivity contribution in [1.29, 1.82) is 0 Å². The van der Waals surface area contributed by atoms with Crippen molar-refractivity contribution in [3.05, 3.63) is 29.6 Å². The van der Waals surface area contributed by atoms with Gasteiger partial charge in [0, 0.05) is 12.1 Å². The fourth-order valence-corrected chi connectivity index (χ4v) is 2.74.